The molecule has 2 N–H and O–H groups in total. The van der Waals surface area contributed by atoms with Crippen LogP contribution >= 0.6 is 11.3 Å². The number of ether oxygens (including phenoxy) is 1. The van der Waals surface area contributed by atoms with Gasteiger partial charge in [-0.1, -0.05) is 18.2 Å². The number of hydrogen-bond donors (Lipinski definition) is 2. The molecule has 0 saturated carbocycles. The molecule has 2 fully saturated rings. The fraction of sp³-hybridized carbons (Fsp3) is 0.600. The third-order valence-corrected chi connectivity index (χ3v) is 7.07. The minimum atomic E-state index is 0.0136. The van der Waals surface area contributed by atoms with Crippen molar-refractivity contribution >= 4 is 17.2 Å². The van der Waals surface area contributed by atoms with Gasteiger partial charge < -0.3 is 15.4 Å². The molecule has 0 radical (unpaired) electrons. The molecule has 1 aromatic heterocycles. The van der Waals surface area contributed by atoms with Crippen LogP contribution in [0.1, 0.15) is 51.8 Å². The first-order valence-electron chi connectivity index (χ1n) is 11.6. The van der Waals surface area contributed by atoms with Crippen molar-refractivity contribution in [3.8, 4) is 10.6 Å². The largest absolute Gasteiger partial charge is 0.379 e. The van der Waals surface area contributed by atoms with Crippen molar-refractivity contribution in [1.82, 2.24) is 20.5 Å². The maximum atomic E-state index is 12.7. The van der Waals surface area contributed by atoms with Gasteiger partial charge in [0.1, 0.15) is 5.01 Å². The number of hydrogen-bond acceptors (Lipinski definition) is 6. The lowest BCUT2D eigenvalue weighted by Crippen LogP contribution is -2.62. The molecule has 0 bridgehead atoms. The van der Waals surface area contributed by atoms with Crippen molar-refractivity contribution in [3.05, 3.63) is 40.9 Å². The van der Waals surface area contributed by atoms with Crippen molar-refractivity contribution < 1.29 is 9.53 Å². The molecule has 3 heterocycles. The van der Waals surface area contributed by atoms with Crippen molar-refractivity contribution in [2.24, 2.45) is 0 Å². The van der Waals surface area contributed by atoms with E-state index >= 15 is 0 Å². The van der Waals surface area contributed by atoms with Crippen LogP contribution in [0.3, 0.4) is 0 Å². The second-order valence-corrected chi connectivity index (χ2v) is 11.3. The highest BCUT2D eigenvalue weighted by Crippen LogP contribution is 2.29. The number of rotatable bonds is 6. The maximum absolute atomic E-state index is 12.7. The fourth-order valence-corrected chi connectivity index (χ4v) is 6.03. The summed E-state index contributed by atoms with van der Waals surface area (Å²) in [6.45, 7) is 13.3. The van der Waals surface area contributed by atoms with Gasteiger partial charge in [-0.25, -0.2) is 4.98 Å². The quantitative estimate of drug-likeness (QED) is 0.695. The normalized spacial score (nSPS) is 21.4. The van der Waals surface area contributed by atoms with Crippen molar-refractivity contribution in [2.75, 3.05) is 26.3 Å². The van der Waals surface area contributed by atoms with Gasteiger partial charge in [-0.15, -0.1) is 11.3 Å². The predicted octanol–water partition coefficient (Wildman–Crippen LogP) is 3.61. The minimum absolute atomic E-state index is 0.0136. The molecule has 1 amide bonds. The molecule has 7 heteroatoms. The first kappa shape index (κ1) is 23.4. The summed E-state index contributed by atoms with van der Waals surface area (Å²) in [6, 6.07) is 8.77. The summed E-state index contributed by atoms with van der Waals surface area (Å²) >= 11 is 1.61. The highest BCUT2D eigenvalue weighted by molar-refractivity contribution is 7.13. The summed E-state index contributed by atoms with van der Waals surface area (Å²) in [6.07, 6.45) is 2.19. The molecule has 0 aliphatic carbocycles. The molecular formula is C25H36N4O2S. The van der Waals surface area contributed by atoms with Crippen LogP contribution in [0.15, 0.2) is 29.6 Å². The molecule has 174 valence electrons. The molecule has 2 aromatic rings. The lowest BCUT2D eigenvalue weighted by Gasteiger charge is -2.46. The molecule has 6 nitrogen and oxygen atoms in total. The molecule has 2 saturated heterocycles. The average molecular weight is 457 g/mol. The van der Waals surface area contributed by atoms with Crippen LogP contribution in [0.25, 0.3) is 10.6 Å². The second kappa shape index (κ2) is 9.59. The van der Waals surface area contributed by atoms with Crippen LogP contribution in [0.4, 0.5) is 0 Å². The van der Waals surface area contributed by atoms with E-state index in [1.54, 1.807) is 11.3 Å². The van der Waals surface area contributed by atoms with E-state index in [0.717, 1.165) is 62.0 Å². The number of piperidine rings is 1. The Bertz CT molecular complexity index is 918. The van der Waals surface area contributed by atoms with E-state index in [1.807, 2.05) is 5.38 Å². The number of benzene rings is 1. The van der Waals surface area contributed by atoms with Gasteiger partial charge in [0.15, 0.2) is 0 Å². The van der Waals surface area contributed by atoms with E-state index in [4.69, 9.17) is 9.72 Å². The molecular weight excluding hydrogens is 420 g/mol. The van der Waals surface area contributed by atoms with Crippen molar-refractivity contribution in [2.45, 2.75) is 70.6 Å². The van der Waals surface area contributed by atoms with Gasteiger partial charge in [0, 0.05) is 47.7 Å². The highest BCUT2D eigenvalue weighted by Gasteiger charge is 2.38. The van der Waals surface area contributed by atoms with Crippen LogP contribution in [-0.2, 0) is 22.5 Å². The lowest BCUT2D eigenvalue weighted by atomic mass is 9.79. The van der Waals surface area contributed by atoms with Gasteiger partial charge in [-0.2, -0.15) is 0 Å². The SMILES string of the molecule is CC1(C)CC(NC(=O)Cc2csc(-c3cccc(CN4CCOCC4)c3)n2)CC(C)(C)N1. The zero-order valence-electron chi connectivity index (χ0n) is 19.7. The minimum Gasteiger partial charge on any atom is -0.379 e. The first-order chi connectivity index (χ1) is 15.2. The first-order valence-corrected chi connectivity index (χ1v) is 12.5. The molecule has 2 aliphatic heterocycles. The van der Waals surface area contributed by atoms with E-state index in [-0.39, 0.29) is 23.0 Å². The zero-order chi connectivity index (χ0) is 22.8. The maximum Gasteiger partial charge on any atom is 0.226 e. The number of amides is 1. The summed E-state index contributed by atoms with van der Waals surface area (Å²) in [5.74, 6) is 0.0569. The van der Waals surface area contributed by atoms with Gasteiger partial charge in [0.2, 0.25) is 5.91 Å². The van der Waals surface area contributed by atoms with Crippen LogP contribution in [0, 0.1) is 0 Å². The predicted molar refractivity (Wildman–Crippen MR) is 130 cm³/mol. The van der Waals surface area contributed by atoms with E-state index < -0.39 is 0 Å². The summed E-state index contributed by atoms with van der Waals surface area (Å²) in [5, 5.41) is 9.90. The number of thiazole rings is 1. The van der Waals surface area contributed by atoms with Crippen LogP contribution in [0.5, 0.6) is 0 Å². The van der Waals surface area contributed by atoms with Gasteiger partial charge in [-0.3, -0.25) is 9.69 Å². The zero-order valence-corrected chi connectivity index (χ0v) is 20.6. The Morgan fingerprint density at radius 3 is 2.66 bits per heavy atom. The number of nitrogens with zero attached hydrogens (tertiary/aromatic N) is 2. The Morgan fingerprint density at radius 1 is 1.22 bits per heavy atom. The summed E-state index contributed by atoms with van der Waals surface area (Å²) < 4.78 is 5.45. The number of carbonyl (C=O) groups is 1. The molecule has 2 aliphatic rings. The van der Waals surface area contributed by atoms with E-state index in [2.05, 4.69) is 67.5 Å². The van der Waals surface area contributed by atoms with Gasteiger partial charge >= 0.3 is 0 Å². The Labute approximate surface area is 195 Å². The molecule has 32 heavy (non-hydrogen) atoms. The Balaban J connectivity index is 1.35. The second-order valence-electron chi connectivity index (χ2n) is 10.5. The number of nitrogens with one attached hydrogen (secondary N) is 2. The molecule has 0 atom stereocenters. The third kappa shape index (κ3) is 6.38. The lowest BCUT2D eigenvalue weighted by molar-refractivity contribution is -0.121. The fourth-order valence-electron chi connectivity index (χ4n) is 5.21. The monoisotopic (exact) mass is 456 g/mol. The summed E-state index contributed by atoms with van der Waals surface area (Å²) in [7, 11) is 0. The van der Waals surface area contributed by atoms with Crippen molar-refractivity contribution in [1.29, 1.82) is 0 Å². The van der Waals surface area contributed by atoms with Crippen LogP contribution < -0.4 is 10.6 Å². The Kier molecular flexibility index (Phi) is 7.00. The molecule has 4 rings (SSSR count). The average Bonchev–Trinajstić information content (AvgIpc) is 3.15. The Hall–Kier alpha value is -1.80. The van der Waals surface area contributed by atoms with Gasteiger partial charge in [0.25, 0.3) is 0 Å². The van der Waals surface area contributed by atoms with E-state index in [9.17, 15) is 4.79 Å². The number of aromatic nitrogens is 1. The number of morpholine rings is 1. The van der Waals surface area contributed by atoms with E-state index in [0.29, 0.717) is 6.42 Å². The smallest absolute Gasteiger partial charge is 0.226 e. The standard InChI is InChI=1S/C25H36N4O2S/c1-24(2)14-21(15-25(3,4)28-24)26-22(30)13-20-17-32-23(27-20)19-7-5-6-18(12-19)16-29-8-10-31-11-9-29/h5-7,12,17,21,28H,8-11,13-16H2,1-4H3,(H,26,30). The third-order valence-electron chi connectivity index (χ3n) is 6.13. The summed E-state index contributed by atoms with van der Waals surface area (Å²) in [4.78, 5) is 19.9. The highest BCUT2D eigenvalue weighted by atomic mass is 32.1. The topological polar surface area (TPSA) is 66.5 Å². The van der Waals surface area contributed by atoms with Crippen LogP contribution in [-0.4, -0.2) is 59.2 Å². The summed E-state index contributed by atoms with van der Waals surface area (Å²) in [5.41, 5.74) is 3.28. The van der Waals surface area contributed by atoms with Crippen LogP contribution in [0.2, 0.25) is 0 Å². The van der Waals surface area contributed by atoms with Gasteiger partial charge in [-0.05, 0) is 52.2 Å². The van der Waals surface area contributed by atoms with Gasteiger partial charge in [0.05, 0.1) is 25.3 Å². The molecule has 1 aromatic carbocycles. The molecule has 0 spiro atoms. The van der Waals surface area contributed by atoms with Crippen molar-refractivity contribution in [3.63, 3.8) is 0 Å². The Morgan fingerprint density at radius 2 is 1.94 bits per heavy atom. The van der Waals surface area contributed by atoms with E-state index in [1.165, 1.54) is 5.56 Å². The number of carbonyl (C=O) groups excluding carboxylic acids is 1. The molecule has 0 unspecified atom stereocenters.